The topological polar surface area (TPSA) is 29.3 Å². The Morgan fingerprint density at radius 2 is 1.56 bits per heavy atom. The molecule has 1 rings (SSSR count). The van der Waals surface area contributed by atoms with Gasteiger partial charge in [0.05, 0.1) is 0 Å². The van der Waals surface area contributed by atoms with Crippen molar-refractivity contribution in [2.24, 2.45) is 17.1 Å². The first-order valence-electron chi connectivity index (χ1n) is 7.93. The van der Waals surface area contributed by atoms with Crippen molar-refractivity contribution in [2.45, 2.75) is 72.3 Å². The van der Waals surface area contributed by atoms with Gasteiger partial charge in [-0.25, -0.2) is 0 Å². The van der Waals surface area contributed by atoms with E-state index in [1.165, 1.54) is 51.6 Å². The van der Waals surface area contributed by atoms with Crippen molar-refractivity contribution in [1.29, 1.82) is 0 Å². The van der Waals surface area contributed by atoms with E-state index in [2.05, 4.69) is 32.6 Å². The lowest BCUT2D eigenvalue weighted by Gasteiger charge is -2.40. The van der Waals surface area contributed by atoms with Crippen molar-refractivity contribution in [3.8, 4) is 0 Å². The lowest BCUT2D eigenvalue weighted by molar-refractivity contribution is 0.100. The van der Waals surface area contributed by atoms with Crippen molar-refractivity contribution < 1.29 is 0 Å². The molecule has 2 heteroatoms. The number of nitrogens with two attached hydrogens (primary N) is 1. The summed E-state index contributed by atoms with van der Waals surface area (Å²) in [5.41, 5.74) is 6.56. The van der Waals surface area contributed by atoms with Crippen molar-refractivity contribution in [3.05, 3.63) is 0 Å². The van der Waals surface area contributed by atoms with Gasteiger partial charge in [0, 0.05) is 19.1 Å². The standard InChI is InChI=1S/C16H34N2/c1-14(2)11-18(15(3)4)13-16(12-17)9-7-5-6-8-10-16/h14-15H,5-13,17H2,1-4H3. The maximum absolute atomic E-state index is 6.16. The molecule has 18 heavy (non-hydrogen) atoms. The highest BCUT2D eigenvalue weighted by Crippen LogP contribution is 2.35. The summed E-state index contributed by atoms with van der Waals surface area (Å²) in [6, 6.07) is 0.638. The minimum atomic E-state index is 0.398. The highest BCUT2D eigenvalue weighted by Gasteiger charge is 2.32. The maximum atomic E-state index is 6.16. The molecule has 0 aromatic carbocycles. The van der Waals surface area contributed by atoms with Crippen LogP contribution in [0.15, 0.2) is 0 Å². The van der Waals surface area contributed by atoms with E-state index in [-0.39, 0.29) is 0 Å². The van der Waals surface area contributed by atoms with Crippen molar-refractivity contribution >= 4 is 0 Å². The molecular weight excluding hydrogens is 220 g/mol. The molecule has 1 saturated carbocycles. The molecule has 108 valence electrons. The fourth-order valence-corrected chi connectivity index (χ4v) is 3.26. The maximum Gasteiger partial charge on any atom is 0.00529 e. The van der Waals surface area contributed by atoms with Crippen LogP contribution < -0.4 is 5.73 Å². The fraction of sp³-hybridized carbons (Fsp3) is 1.00. The summed E-state index contributed by atoms with van der Waals surface area (Å²) in [5.74, 6) is 0.744. The molecule has 1 fully saturated rings. The fourth-order valence-electron chi connectivity index (χ4n) is 3.26. The van der Waals surface area contributed by atoms with Crippen LogP contribution in [0, 0.1) is 11.3 Å². The molecule has 2 N–H and O–H groups in total. The molecule has 0 bridgehead atoms. The summed E-state index contributed by atoms with van der Waals surface area (Å²) < 4.78 is 0. The van der Waals surface area contributed by atoms with Crippen LogP contribution in [0.1, 0.15) is 66.2 Å². The zero-order chi connectivity index (χ0) is 13.6. The second-order valence-corrected chi connectivity index (χ2v) is 7.04. The van der Waals surface area contributed by atoms with E-state index in [9.17, 15) is 0 Å². The Kier molecular flexibility index (Phi) is 6.65. The third-order valence-corrected chi connectivity index (χ3v) is 4.47. The summed E-state index contributed by atoms with van der Waals surface area (Å²) in [4.78, 5) is 2.66. The Balaban J connectivity index is 2.67. The van der Waals surface area contributed by atoms with Crippen LogP contribution in [0.3, 0.4) is 0 Å². The van der Waals surface area contributed by atoms with Crippen LogP contribution in [0.4, 0.5) is 0 Å². The minimum absolute atomic E-state index is 0.398. The Morgan fingerprint density at radius 3 is 1.94 bits per heavy atom. The quantitative estimate of drug-likeness (QED) is 0.733. The Morgan fingerprint density at radius 1 is 1.00 bits per heavy atom. The first kappa shape index (κ1) is 16.0. The monoisotopic (exact) mass is 254 g/mol. The van der Waals surface area contributed by atoms with Crippen LogP contribution in [0.25, 0.3) is 0 Å². The van der Waals surface area contributed by atoms with E-state index in [4.69, 9.17) is 5.73 Å². The van der Waals surface area contributed by atoms with Gasteiger partial charge in [-0.1, -0.05) is 39.5 Å². The van der Waals surface area contributed by atoms with Gasteiger partial charge in [0.1, 0.15) is 0 Å². The van der Waals surface area contributed by atoms with E-state index >= 15 is 0 Å². The zero-order valence-corrected chi connectivity index (χ0v) is 13.0. The highest BCUT2D eigenvalue weighted by molar-refractivity contribution is 4.87. The normalized spacial score (nSPS) is 20.7. The van der Waals surface area contributed by atoms with Gasteiger partial charge >= 0.3 is 0 Å². The van der Waals surface area contributed by atoms with Gasteiger partial charge in [-0.05, 0) is 44.6 Å². The van der Waals surface area contributed by atoms with Gasteiger partial charge in [0.25, 0.3) is 0 Å². The van der Waals surface area contributed by atoms with E-state index in [1.807, 2.05) is 0 Å². The summed E-state index contributed by atoms with van der Waals surface area (Å²) in [7, 11) is 0. The summed E-state index contributed by atoms with van der Waals surface area (Å²) in [6.07, 6.45) is 8.26. The van der Waals surface area contributed by atoms with Crippen LogP contribution in [0.5, 0.6) is 0 Å². The third kappa shape index (κ3) is 4.89. The van der Waals surface area contributed by atoms with Gasteiger partial charge in [0.2, 0.25) is 0 Å². The molecule has 1 aliphatic carbocycles. The van der Waals surface area contributed by atoms with Gasteiger partial charge < -0.3 is 10.6 Å². The lowest BCUT2D eigenvalue weighted by atomic mass is 9.79. The highest BCUT2D eigenvalue weighted by atomic mass is 15.2. The van der Waals surface area contributed by atoms with Crippen molar-refractivity contribution in [2.75, 3.05) is 19.6 Å². The molecule has 0 aromatic rings. The lowest BCUT2D eigenvalue weighted by Crippen LogP contribution is -2.46. The number of rotatable bonds is 6. The summed E-state index contributed by atoms with van der Waals surface area (Å²) in [6.45, 7) is 12.6. The molecule has 0 saturated heterocycles. The second-order valence-electron chi connectivity index (χ2n) is 7.04. The van der Waals surface area contributed by atoms with Crippen LogP contribution >= 0.6 is 0 Å². The van der Waals surface area contributed by atoms with Crippen molar-refractivity contribution in [3.63, 3.8) is 0 Å². The predicted molar refractivity (Wildman–Crippen MR) is 80.7 cm³/mol. The first-order valence-corrected chi connectivity index (χ1v) is 7.93. The van der Waals surface area contributed by atoms with Crippen LogP contribution in [-0.4, -0.2) is 30.6 Å². The summed E-state index contributed by atoms with van der Waals surface area (Å²) in [5, 5.41) is 0. The van der Waals surface area contributed by atoms with Crippen molar-refractivity contribution in [1.82, 2.24) is 4.90 Å². The molecule has 0 amide bonds. The van der Waals surface area contributed by atoms with E-state index in [0.717, 1.165) is 12.5 Å². The molecule has 0 unspecified atom stereocenters. The second kappa shape index (κ2) is 7.49. The zero-order valence-electron chi connectivity index (χ0n) is 13.0. The average Bonchev–Trinajstić information content (AvgIpc) is 2.54. The Bertz CT molecular complexity index is 215. The molecule has 1 aliphatic rings. The third-order valence-electron chi connectivity index (χ3n) is 4.47. The Labute approximate surface area is 114 Å². The van der Waals surface area contributed by atoms with Gasteiger partial charge in [-0.3, -0.25) is 0 Å². The largest absolute Gasteiger partial charge is 0.330 e. The number of hydrogen-bond donors (Lipinski definition) is 1. The minimum Gasteiger partial charge on any atom is -0.330 e. The first-order chi connectivity index (χ1) is 8.49. The molecule has 2 nitrogen and oxygen atoms in total. The molecule has 0 radical (unpaired) electrons. The van der Waals surface area contributed by atoms with Crippen LogP contribution in [-0.2, 0) is 0 Å². The van der Waals surface area contributed by atoms with E-state index in [0.29, 0.717) is 11.5 Å². The average molecular weight is 254 g/mol. The van der Waals surface area contributed by atoms with Gasteiger partial charge in [-0.15, -0.1) is 0 Å². The number of nitrogens with zero attached hydrogens (tertiary/aromatic N) is 1. The predicted octanol–water partition coefficient (Wildman–Crippen LogP) is 3.65. The molecular formula is C16H34N2. The van der Waals surface area contributed by atoms with Gasteiger partial charge in [0.15, 0.2) is 0 Å². The molecule has 0 spiro atoms. The Hall–Kier alpha value is -0.0800. The number of hydrogen-bond acceptors (Lipinski definition) is 2. The van der Waals surface area contributed by atoms with E-state index in [1.54, 1.807) is 0 Å². The summed E-state index contributed by atoms with van der Waals surface area (Å²) >= 11 is 0. The molecule has 0 aromatic heterocycles. The molecule has 0 heterocycles. The molecule has 0 atom stereocenters. The SMILES string of the molecule is CC(C)CN(CC1(CN)CCCCCC1)C(C)C. The van der Waals surface area contributed by atoms with Crippen LogP contribution in [0.2, 0.25) is 0 Å². The smallest absolute Gasteiger partial charge is 0.00529 e. The van der Waals surface area contributed by atoms with Gasteiger partial charge in [-0.2, -0.15) is 0 Å². The molecule has 0 aliphatic heterocycles. The van der Waals surface area contributed by atoms with E-state index < -0.39 is 0 Å².